The number of para-hydroxylation sites is 1. The number of rotatable bonds is 7. The average Bonchev–Trinajstić information content (AvgIpc) is 3.17. The van der Waals surface area contributed by atoms with Crippen molar-refractivity contribution in [2.75, 3.05) is 0 Å². The van der Waals surface area contributed by atoms with Gasteiger partial charge in [0.25, 0.3) is 0 Å². The molecule has 0 spiro atoms. The van der Waals surface area contributed by atoms with E-state index in [1.807, 2.05) is 61.5 Å². The van der Waals surface area contributed by atoms with Crippen molar-refractivity contribution in [2.24, 2.45) is 5.11 Å². The lowest BCUT2D eigenvalue weighted by atomic mass is 9.99. The summed E-state index contributed by atoms with van der Waals surface area (Å²) in [5, 5.41) is 3.68. The number of benzene rings is 3. The SMILES string of the molecule is C=CC(c1ccc(C)cc1)S(=O)(=O)n1c(C(C)N=[N+]=[N-])c(-c2ccccc2)c2ccccc21. The molecule has 2 atom stereocenters. The predicted octanol–water partition coefficient (Wildman–Crippen LogP) is 7.09. The van der Waals surface area contributed by atoms with E-state index in [0.717, 1.165) is 22.1 Å². The monoisotopic (exact) mass is 456 g/mol. The lowest BCUT2D eigenvalue weighted by molar-refractivity contribution is 0.578. The van der Waals surface area contributed by atoms with Crippen molar-refractivity contribution in [3.63, 3.8) is 0 Å². The quantitative estimate of drug-likeness (QED) is 0.129. The zero-order chi connectivity index (χ0) is 23.6. The summed E-state index contributed by atoms with van der Waals surface area (Å²) in [6.07, 6.45) is 1.44. The highest BCUT2D eigenvalue weighted by Crippen LogP contribution is 2.42. The van der Waals surface area contributed by atoms with Crippen LogP contribution < -0.4 is 0 Å². The van der Waals surface area contributed by atoms with Crippen molar-refractivity contribution in [2.45, 2.75) is 25.1 Å². The fraction of sp³-hybridized carbons (Fsp3) is 0.154. The Kier molecular flexibility index (Phi) is 6.09. The molecule has 166 valence electrons. The van der Waals surface area contributed by atoms with Crippen molar-refractivity contribution in [3.8, 4) is 11.1 Å². The van der Waals surface area contributed by atoms with Crippen LogP contribution >= 0.6 is 0 Å². The summed E-state index contributed by atoms with van der Waals surface area (Å²) >= 11 is 0. The summed E-state index contributed by atoms with van der Waals surface area (Å²) in [7, 11) is -4.01. The highest BCUT2D eigenvalue weighted by atomic mass is 32.2. The van der Waals surface area contributed by atoms with Crippen molar-refractivity contribution < 1.29 is 8.42 Å². The zero-order valence-electron chi connectivity index (χ0n) is 18.5. The van der Waals surface area contributed by atoms with Crippen LogP contribution in [0.25, 0.3) is 32.5 Å². The normalized spacial score (nSPS) is 13.3. The van der Waals surface area contributed by atoms with Gasteiger partial charge in [0.05, 0.1) is 17.3 Å². The van der Waals surface area contributed by atoms with Gasteiger partial charge in [-0.3, -0.25) is 0 Å². The van der Waals surface area contributed by atoms with Gasteiger partial charge in [-0.15, -0.1) is 6.58 Å². The molecule has 2 unspecified atom stereocenters. The van der Waals surface area contributed by atoms with Crippen molar-refractivity contribution in [1.82, 2.24) is 3.97 Å². The molecule has 1 heterocycles. The lowest BCUT2D eigenvalue weighted by Crippen LogP contribution is -2.22. The lowest BCUT2D eigenvalue weighted by Gasteiger charge is -2.20. The van der Waals surface area contributed by atoms with Gasteiger partial charge < -0.3 is 0 Å². The van der Waals surface area contributed by atoms with Crippen LogP contribution in [0.1, 0.15) is 35.0 Å². The van der Waals surface area contributed by atoms with Gasteiger partial charge in [-0.25, -0.2) is 12.4 Å². The largest absolute Gasteiger partial charge is 0.249 e. The van der Waals surface area contributed by atoms with Crippen LogP contribution in [0.5, 0.6) is 0 Å². The summed E-state index contributed by atoms with van der Waals surface area (Å²) in [5.74, 6) is 0. The first-order valence-electron chi connectivity index (χ1n) is 10.6. The van der Waals surface area contributed by atoms with Gasteiger partial charge in [0.1, 0.15) is 5.25 Å². The van der Waals surface area contributed by atoms with E-state index in [2.05, 4.69) is 16.6 Å². The van der Waals surface area contributed by atoms with E-state index in [0.29, 0.717) is 16.8 Å². The van der Waals surface area contributed by atoms with Crippen LogP contribution in [-0.2, 0) is 10.0 Å². The average molecular weight is 457 g/mol. The first-order chi connectivity index (χ1) is 15.9. The van der Waals surface area contributed by atoms with Crippen molar-refractivity contribution in [1.29, 1.82) is 0 Å². The highest BCUT2D eigenvalue weighted by Gasteiger charge is 2.33. The molecule has 0 N–H and O–H groups in total. The molecule has 33 heavy (non-hydrogen) atoms. The van der Waals surface area contributed by atoms with Gasteiger partial charge in [-0.1, -0.05) is 96.5 Å². The minimum absolute atomic E-state index is 0.430. The molecule has 4 rings (SSSR count). The van der Waals surface area contributed by atoms with E-state index in [1.165, 1.54) is 10.0 Å². The van der Waals surface area contributed by atoms with Crippen molar-refractivity contribution in [3.05, 3.63) is 119 Å². The summed E-state index contributed by atoms with van der Waals surface area (Å²) in [4.78, 5) is 2.97. The van der Waals surface area contributed by atoms with Gasteiger partial charge in [-0.05, 0) is 29.6 Å². The second kappa shape index (κ2) is 8.98. The maximum atomic E-state index is 14.2. The Hall–Kier alpha value is -3.80. The molecule has 0 aliphatic heterocycles. The van der Waals surface area contributed by atoms with E-state index in [1.54, 1.807) is 31.2 Å². The first kappa shape index (κ1) is 22.4. The number of hydrogen-bond donors (Lipinski definition) is 0. The molecule has 7 heteroatoms. The molecule has 0 saturated carbocycles. The third-order valence-electron chi connectivity index (χ3n) is 5.75. The van der Waals surface area contributed by atoms with Gasteiger partial charge in [0, 0.05) is 15.9 Å². The Labute approximate surface area is 193 Å². The Bertz CT molecular complexity index is 1470. The molecule has 4 aromatic rings. The number of azide groups is 1. The summed E-state index contributed by atoms with van der Waals surface area (Å²) < 4.78 is 29.7. The molecule has 0 amide bonds. The topological polar surface area (TPSA) is 87.8 Å². The molecule has 0 aliphatic rings. The van der Waals surface area contributed by atoms with E-state index < -0.39 is 21.3 Å². The molecule has 0 aliphatic carbocycles. The van der Waals surface area contributed by atoms with Crippen LogP contribution in [-0.4, -0.2) is 12.4 Å². The number of aromatic nitrogens is 1. The molecular weight excluding hydrogens is 432 g/mol. The van der Waals surface area contributed by atoms with E-state index in [-0.39, 0.29) is 0 Å². The Morgan fingerprint density at radius 3 is 2.27 bits per heavy atom. The minimum Gasteiger partial charge on any atom is -0.240 e. The Balaban J connectivity index is 2.10. The maximum Gasteiger partial charge on any atom is 0.249 e. The molecule has 0 radical (unpaired) electrons. The molecular formula is C26H24N4O2S. The van der Waals surface area contributed by atoms with Crippen LogP contribution in [0.4, 0.5) is 0 Å². The summed E-state index contributed by atoms with van der Waals surface area (Å²) in [6.45, 7) is 7.49. The predicted molar refractivity (Wildman–Crippen MR) is 133 cm³/mol. The third-order valence-corrected chi connectivity index (χ3v) is 7.75. The standard InChI is InChI=1S/C26H24N4O2S/c1-4-24(20-16-14-18(2)15-17-20)33(31,32)30-23-13-9-8-12-22(23)25(21-10-6-5-7-11-21)26(30)19(3)28-29-27/h4-17,19,24H,1H2,2-3H3. The third kappa shape index (κ3) is 3.93. The van der Waals surface area contributed by atoms with Crippen LogP contribution in [0.15, 0.2) is 96.6 Å². The van der Waals surface area contributed by atoms with Gasteiger partial charge in [0.15, 0.2) is 0 Å². The molecule has 6 nitrogen and oxygen atoms in total. The maximum absolute atomic E-state index is 14.2. The van der Waals surface area contributed by atoms with E-state index in [4.69, 9.17) is 0 Å². The summed E-state index contributed by atoms with van der Waals surface area (Å²) in [6, 6.07) is 23.6. The second-order valence-electron chi connectivity index (χ2n) is 7.90. The number of nitrogens with zero attached hydrogens (tertiary/aromatic N) is 4. The van der Waals surface area contributed by atoms with Crippen molar-refractivity contribution >= 4 is 20.9 Å². The Morgan fingerprint density at radius 2 is 1.64 bits per heavy atom. The van der Waals surface area contributed by atoms with Crippen LogP contribution in [0, 0.1) is 6.92 Å². The molecule has 3 aromatic carbocycles. The number of fused-ring (bicyclic) bond motifs is 1. The number of aryl methyl sites for hydroxylation is 1. The highest BCUT2D eigenvalue weighted by molar-refractivity contribution is 7.90. The minimum atomic E-state index is -4.01. The fourth-order valence-corrected chi connectivity index (χ4v) is 6.15. The van der Waals surface area contributed by atoms with E-state index in [9.17, 15) is 13.9 Å². The first-order valence-corrected chi connectivity index (χ1v) is 12.1. The molecule has 0 bridgehead atoms. The smallest absolute Gasteiger partial charge is 0.240 e. The van der Waals surface area contributed by atoms with Gasteiger partial charge in [-0.2, -0.15) is 0 Å². The zero-order valence-corrected chi connectivity index (χ0v) is 19.3. The molecule has 1 aromatic heterocycles. The second-order valence-corrected chi connectivity index (χ2v) is 9.80. The van der Waals surface area contributed by atoms with Crippen LogP contribution in [0.3, 0.4) is 0 Å². The van der Waals surface area contributed by atoms with Gasteiger partial charge in [0.2, 0.25) is 10.0 Å². The Morgan fingerprint density at radius 1 is 1.00 bits per heavy atom. The number of hydrogen-bond acceptors (Lipinski definition) is 3. The van der Waals surface area contributed by atoms with Gasteiger partial charge >= 0.3 is 0 Å². The summed E-state index contributed by atoms with van der Waals surface area (Å²) in [5.41, 5.74) is 13.4. The fourth-order valence-electron chi connectivity index (χ4n) is 4.22. The van der Waals surface area contributed by atoms with E-state index >= 15 is 0 Å². The molecule has 0 saturated heterocycles. The molecule has 0 fully saturated rings. The van der Waals surface area contributed by atoms with Crippen LogP contribution in [0.2, 0.25) is 0 Å².